The van der Waals surface area contributed by atoms with E-state index in [2.05, 4.69) is 0 Å². The van der Waals surface area contributed by atoms with Gasteiger partial charge in [0.15, 0.2) is 0 Å². The van der Waals surface area contributed by atoms with Gasteiger partial charge in [-0.25, -0.2) is 0 Å². The van der Waals surface area contributed by atoms with Crippen molar-refractivity contribution in [1.82, 2.24) is 0 Å². The number of hydrogen-bond donors (Lipinski definition) is 0. The molecule has 1 aromatic carbocycles. The molecule has 1 aliphatic heterocycles. The molecular formula is C9H8O2S. The number of fused-ring (bicyclic) bond motifs is 1. The topological polar surface area (TPSA) is 25.8 Å². The van der Waals surface area contributed by atoms with E-state index >= 15 is 0 Å². The Bertz CT molecular complexity index is 309. The van der Waals surface area contributed by atoms with E-state index in [0.29, 0.717) is 11.5 Å². The zero-order valence-electron chi connectivity index (χ0n) is 6.40. The highest BCUT2D eigenvalue weighted by atomic mass is 32.2. The summed E-state index contributed by atoms with van der Waals surface area (Å²) in [6.07, 6.45) is 3.95. The molecule has 0 fully saturated rings. The van der Waals surface area contributed by atoms with Crippen molar-refractivity contribution in [2.45, 2.75) is 0 Å². The van der Waals surface area contributed by atoms with Crippen molar-refractivity contribution in [3.05, 3.63) is 35.9 Å². The molecule has 3 heteroatoms. The van der Waals surface area contributed by atoms with Crippen molar-refractivity contribution in [3.63, 3.8) is 0 Å². The quantitative estimate of drug-likeness (QED) is 0.346. The van der Waals surface area contributed by atoms with Crippen LogP contribution in [0.25, 0.3) is 6.08 Å². The molecule has 62 valence electrons. The maximum Gasteiger partial charge on any atom is 0.287 e. The fourth-order valence-electron chi connectivity index (χ4n) is 1.11. The molecule has 1 aliphatic rings. The van der Waals surface area contributed by atoms with E-state index in [9.17, 15) is 5.26 Å². The van der Waals surface area contributed by atoms with Gasteiger partial charge in [-0.05, 0) is 12.1 Å². The molecule has 0 saturated heterocycles. The summed E-state index contributed by atoms with van der Waals surface area (Å²) in [4.78, 5) is 0. The van der Waals surface area contributed by atoms with Crippen LogP contribution in [0.15, 0.2) is 30.3 Å². The zero-order chi connectivity index (χ0) is 8.39. The summed E-state index contributed by atoms with van der Waals surface area (Å²) < 4.78 is 1.76. The second kappa shape index (κ2) is 3.21. The van der Waals surface area contributed by atoms with E-state index in [1.165, 1.54) is 12.0 Å². The van der Waals surface area contributed by atoms with Crippen molar-refractivity contribution in [2.24, 2.45) is 0 Å². The van der Waals surface area contributed by atoms with E-state index in [0.717, 1.165) is 5.56 Å². The first-order valence-electron chi connectivity index (χ1n) is 3.68. The van der Waals surface area contributed by atoms with Crippen LogP contribution in [-0.4, -0.2) is 5.75 Å². The molecule has 0 radical (unpaired) electrons. The molecule has 0 aromatic heterocycles. The molecule has 0 aliphatic carbocycles. The van der Waals surface area contributed by atoms with Crippen LogP contribution in [0.4, 0.5) is 0 Å². The number of para-hydroxylation sites is 1. The van der Waals surface area contributed by atoms with E-state index in [4.69, 9.17) is 0 Å². The molecule has 0 spiro atoms. The van der Waals surface area contributed by atoms with Crippen molar-refractivity contribution >= 4 is 18.1 Å². The SMILES string of the molecule is [O-][O+]1SCC=Cc2ccccc21. The first-order valence-corrected chi connectivity index (χ1v) is 4.59. The van der Waals surface area contributed by atoms with Crippen LogP contribution in [0.5, 0.6) is 5.75 Å². The molecule has 1 heterocycles. The standard InChI is InChI=1S/C9H8O2S/c10-11-9-6-2-1-4-8(9)5-3-7-12-11/h1-6H,7H2. The van der Waals surface area contributed by atoms with E-state index in [-0.39, 0.29) is 0 Å². The number of rotatable bonds is 0. The fraction of sp³-hybridized carbons (Fsp3) is 0.111. The molecule has 0 unspecified atom stereocenters. The predicted octanol–water partition coefficient (Wildman–Crippen LogP) is 1.90. The Balaban J connectivity index is 2.49. The highest BCUT2D eigenvalue weighted by Crippen LogP contribution is 2.34. The van der Waals surface area contributed by atoms with Gasteiger partial charge >= 0.3 is 0 Å². The van der Waals surface area contributed by atoms with Gasteiger partial charge in [0, 0.05) is 6.07 Å². The highest BCUT2D eigenvalue weighted by molar-refractivity contribution is 7.95. The molecule has 0 N–H and O–H groups in total. The molecular weight excluding hydrogens is 172 g/mol. The van der Waals surface area contributed by atoms with Crippen molar-refractivity contribution in [1.29, 1.82) is 0 Å². The average Bonchev–Trinajstić information content (AvgIpc) is 2.29. The lowest BCUT2D eigenvalue weighted by atomic mass is 10.2. The molecule has 1 aromatic rings. The van der Waals surface area contributed by atoms with Gasteiger partial charge in [0.05, 0.1) is 5.56 Å². The Morgan fingerprint density at radius 2 is 2.17 bits per heavy atom. The summed E-state index contributed by atoms with van der Waals surface area (Å²) in [5.74, 6) is 1.37. The predicted molar refractivity (Wildman–Crippen MR) is 48.5 cm³/mol. The molecule has 0 saturated carbocycles. The van der Waals surface area contributed by atoms with Crippen LogP contribution in [0, 0.1) is 0 Å². The minimum absolute atomic E-state index is 0.663. The van der Waals surface area contributed by atoms with Gasteiger partial charge in [-0.2, -0.15) is 0 Å². The van der Waals surface area contributed by atoms with Crippen LogP contribution >= 0.6 is 12.0 Å². The summed E-state index contributed by atoms with van der Waals surface area (Å²) in [6, 6.07) is 7.51. The van der Waals surface area contributed by atoms with Gasteiger partial charge in [0.25, 0.3) is 17.8 Å². The lowest BCUT2D eigenvalue weighted by Gasteiger charge is -2.19. The third-order valence-electron chi connectivity index (χ3n) is 1.67. The summed E-state index contributed by atoms with van der Waals surface area (Å²) >= 11 is 1.19. The summed E-state index contributed by atoms with van der Waals surface area (Å²) in [5.41, 5.74) is 0.961. The average molecular weight is 180 g/mol. The molecule has 2 nitrogen and oxygen atoms in total. The maximum atomic E-state index is 11.3. The zero-order valence-corrected chi connectivity index (χ0v) is 7.21. The molecule has 0 atom stereocenters. The van der Waals surface area contributed by atoms with Gasteiger partial charge in [0.1, 0.15) is 5.75 Å². The number of benzene rings is 1. The lowest BCUT2D eigenvalue weighted by molar-refractivity contribution is -0.702. The van der Waals surface area contributed by atoms with Gasteiger partial charge in [0.2, 0.25) is 0 Å². The summed E-state index contributed by atoms with van der Waals surface area (Å²) in [7, 11) is 0. The second-order valence-electron chi connectivity index (χ2n) is 2.46. The Hall–Kier alpha value is -0.930. The Labute approximate surface area is 75.3 Å². The van der Waals surface area contributed by atoms with E-state index in [1.807, 2.05) is 30.4 Å². The van der Waals surface area contributed by atoms with Gasteiger partial charge < -0.3 is 9.22 Å². The van der Waals surface area contributed by atoms with E-state index < -0.39 is 0 Å². The summed E-state index contributed by atoms with van der Waals surface area (Å²) in [6.45, 7) is 0. The van der Waals surface area contributed by atoms with Crippen LogP contribution < -0.4 is 5.26 Å². The monoisotopic (exact) mass is 180 g/mol. The molecule has 2 rings (SSSR count). The third kappa shape index (κ3) is 1.33. The normalized spacial score (nSPS) is 15.6. The van der Waals surface area contributed by atoms with Gasteiger partial charge in [-0.3, -0.25) is 0 Å². The van der Waals surface area contributed by atoms with Crippen LogP contribution in [0.2, 0.25) is 0 Å². The van der Waals surface area contributed by atoms with Crippen LogP contribution in [-0.2, 0) is 3.96 Å². The van der Waals surface area contributed by atoms with Crippen molar-refractivity contribution < 1.29 is 9.22 Å². The highest BCUT2D eigenvalue weighted by Gasteiger charge is 2.13. The second-order valence-corrected chi connectivity index (χ2v) is 3.33. The third-order valence-corrected chi connectivity index (χ3v) is 2.39. The smallest absolute Gasteiger partial charge is 0.287 e. The fourth-order valence-corrected chi connectivity index (χ4v) is 1.69. The van der Waals surface area contributed by atoms with Crippen molar-refractivity contribution in [2.75, 3.05) is 5.75 Å². The van der Waals surface area contributed by atoms with Crippen LogP contribution in [0.1, 0.15) is 5.56 Å². The maximum absolute atomic E-state index is 11.3. The molecule has 0 amide bonds. The largest absolute Gasteiger partial charge is 0.491 e. The first-order chi connectivity index (χ1) is 5.88. The van der Waals surface area contributed by atoms with Gasteiger partial charge in [-0.1, -0.05) is 18.2 Å². The van der Waals surface area contributed by atoms with Crippen LogP contribution in [0.3, 0.4) is 0 Å². The Morgan fingerprint density at radius 1 is 1.33 bits per heavy atom. The van der Waals surface area contributed by atoms with Crippen molar-refractivity contribution in [3.8, 4) is 5.75 Å². The minimum Gasteiger partial charge on any atom is -0.491 e. The molecule has 12 heavy (non-hydrogen) atoms. The van der Waals surface area contributed by atoms with E-state index in [1.54, 1.807) is 10.0 Å². The molecule has 0 bridgehead atoms. The lowest BCUT2D eigenvalue weighted by Crippen LogP contribution is -2.13. The Morgan fingerprint density at radius 3 is 3.08 bits per heavy atom. The first kappa shape index (κ1) is 7.71. The minimum atomic E-state index is 0.663. The number of hydrogen-bond acceptors (Lipinski definition) is 2. The van der Waals surface area contributed by atoms with Gasteiger partial charge in [-0.15, -0.1) is 0 Å². The summed E-state index contributed by atoms with van der Waals surface area (Å²) in [5, 5.41) is 11.3. The Kier molecular flexibility index (Phi) is 2.06.